The smallest absolute Gasteiger partial charge is 0.480 e. The molecule has 0 radical (unpaired) electrons. The Morgan fingerprint density at radius 2 is 2.17 bits per heavy atom. The van der Waals surface area contributed by atoms with Crippen LogP contribution in [0.3, 0.4) is 0 Å². The molecule has 0 unspecified atom stereocenters. The van der Waals surface area contributed by atoms with Crippen molar-refractivity contribution in [3.05, 3.63) is 17.3 Å². The number of carboxylic acid groups (broad SMARTS) is 1. The van der Waals surface area contributed by atoms with E-state index >= 15 is 0 Å². The van der Waals surface area contributed by atoms with Crippen molar-refractivity contribution in [2.45, 2.75) is 12.2 Å². The number of pyridine rings is 1. The SMILES string of the molecule is COc1nc(CCl)cc(OC(F)(F)F)c1C(=O)O. The molecule has 0 aliphatic rings. The molecule has 9 heteroatoms. The van der Waals surface area contributed by atoms with E-state index in [0.29, 0.717) is 0 Å². The number of carbonyl (C=O) groups is 1. The number of aromatic carboxylic acids is 1. The van der Waals surface area contributed by atoms with Crippen LogP contribution in [0.4, 0.5) is 13.2 Å². The maximum Gasteiger partial charge on any atom is 0.573 e. The monoisotopic (exact) mass is 285 g/mol. The zero-order valence-electron chi connectivity index (χ0n) is 8.92. The highest BCUT2D eigenvalue weighted by atomic mass is 35.5. The molecule has 0 aromatic carbocycles. The van der Waals surface area contributed by atoms with E-state index < -0.39 is 29.5 Å². The zero-order valence-corrected chi connectivity index (χ0v) is 9.67. The average molecular weight is 286 g/mol. The van der Waals surface area contributed by atoms with Crippen molar-refractivity contribution in [2.75, 3.05) is 7.11 Å². The van der Waals surface area contributed by atoms with Crippen molar-refractivity contribution < 1.29 is 32.5 Å². The molecule has 0 saturated carbocycles. The third-order valence-corrected chi connectivity index (χ3v) is 2.05. The molecule has 1 heterocycles. The Labute approximate surface area is 104 Å². The van der Waals surface area contributed by atoms with Crippen LogP contribution in [-0.4, -0.2) is 29.5 Å². The number of halogens is 4. The number of rotatable bonds is 4. The second-order valence-corrected chi connectivity index (χ2v) is 3.25. The summed E-state index contributed by atoms with van der Waals surface area (Å²) in [5.41, 5.74) is -0.818. The Hall–Kier alpha value is -1.70. The summed E-state index contributed by atoms with van der Waals surface area (Å²) in [6, 6.07) is 0.798. The number of carboxylic acids is 1. The third-order valence-electron chi connectivity index (χ3n) is 1.77. The Morgan fingerprint density at radius 3 is 2.56 bits per heavy atom. The molecule has 5 nitrogen and oxygen atoms in total. The van der Waals surface area contributed by atoms with Gasteiger partial charge in [-0.1, -0.05) is 0 Å². The first-order valence-corrected chi connectivity index (χ1v) is 4.95. The Bertz CT molecular complexity index is 464. The lowest BCUT2D eigenvalue weighted by Gasteiger charge is -2.14. The summed E-state index contributed by atoms with van der Waals surface area (Å²) in [7, 11) is 1.07. The van der Waals surface area contributed by atoms with E-state index in [2.05, 4.69) is 14.5 Å². The average Bonchev–Trinajstić information content (AvgIpc) is 2.25. The van der Waals surface area contributed by atoms with Crippen LogP contribution < -0.4 is 9.47 Å². The number of ether oxygens (including phenoxy) is 2. The molecular formula is C9H7ClF3NO4. The molecule has 0 atom stereocenters. The molecule has 1 rings (SSSR count). The van der Waals surface area contributed by atoms with Crippen molar-refractivity contribution in [1.82, 2.24) is 4.98 Å². The Morgan fingerprint density at radius 1 is 1.56 bits per heavy atom. The normalized spacial score (nSPS) is 11.2. The van der Waals surface area contributed by atoms with Gasteiger partial charge in [-0.3, -0.25) is 0 Å². The highest BCUT2D eigenvalue weighted by Crippen LogP contribution is 2.32. The first kappa shape index (κ1) is 14.4. The van der Waals surface area contributed by atoms with E-state index in [1.54, 1.807) is 0 Å². The van der Waals surface area contributed by atoms with Crippen LogP contribution in [0.2, 0.25) is 0 Å². The minimum atomic E-state index is -5.03. The lowest BCUT2D eigenvalue weighted by molar-refractivity contribution is -0.274. The van der Waals surface area contributed by atoms with E-state index in [1.807, 2.05) is 0 Å². The van der Waals surface area contributed by atoms with Crippen LogP contribution in [-0.2, 0) is 5.88 Å². The van der Waals surface area contributed by atoms with Gasteiger partial charge in [-0.15, -0.1) is 24.8 Å². The summed E-state index contributed by atoms with van der Waals surface area (Å²) in [5.74, 6) is -3.29. The third kappa shape index (κ3) is 3.39. The second kappa shape index (κ2) is 5.30. The second-order valence-electron chi connectivity index (χ2n) is 2.98. The van der Waals surface area contributed by atoms with Crippen molar-refractivity contribution in [3.8, 4) is 11.6 Å². The fourth-order valence-corrected chi connectivity index (χ4v) is 1.30. The highest BCUT2D eigenvalue weighted by Gasteiger charge is 2.34. The summed E-state index contributed by atoms with van der Waals surface area (Å²) in [5, 5.41) is 8.84. The van der Waals surface area contributed by atoms with Gasteiger partial charge in [-0.25, -0.2) is 9.78 Å². The number of aromatic nitrogens is 1. The molecule has 1 aromatic heterocycles. The van der Waals surface area contributed by atoms with Crippen molar-refractivity contribution >= 4 is 17.6 Å². The van der Waals surface area contributed by atoms with Gasteiger partial charge in [0.1, 0.15) is 0 Å². The van der Waals surface area contributed by atoms with Gasteiger partial charge in [0.2, 0.25) is 5.88 Å². The lowest BCUT2D eigenvalue weighted by Crippen LogP contribution is -2.20. The molecule has 0 amide bonds. The van der Waals surface area contributed by atoms with Gasteiger partial charge in [-0.05, 0) is 0 Å². The number of hydrogen-bond acceptors (Lipinski definition) is 4. The highest BCUT2D eigenvalue weighted by molar-refractivity contribution is 6.17. The molecule has 0 spiro atoms. The molecule has 0 bridgehead atoms. The lowest BCUT2D eigenvalue weighted by atomic mass is 10.2. The summed E-state index contributed by atoms with van der Waals surface area (Å²) in [4.78, 5) is 14.5. The summed E-state index contributed by atoms with van der Waals surface area (Å²) in [6.07, 6.45) is -5.03. The summed E-state index contributed by atoms with van der Waals surface area (Å²) >= 11 is 5.43. The summed E-state index contributed by atoms with van der Waals surface area (Å²) in [6.45, 7) is 0. The fourth-order valence-electron chi connectivity index (χ4n) is 1.17. The molecule has 1 aromatic rings. The number of hydrogen-bond donors (Lipinski definition) is 1. The van der Waals surface area contributed by atoms with E-state index in [4.69, 9.17) is 16.7 Å². The predicted molar refractivity (Wildman–Crippen MR) is 54.0 cm³/mol. The van der Waals surface area contributed by atoms with Gasteiger partial charge in [0.25, 0.3) is 0 Å². The van der Waals surface area contributed by atoms with Crippen molar-refractivity contribution in [1.29, 1.82) is 0 Å². The summed E-state index contributed by atoms with van der Waals surface area (Å²) < 4.78 is 44.7. The fraction of sp³-hybridized carbons (Fsp3) is 0.333. The molecular weight excluding hydrogens is 279 g/mol. The van der Waals surface area contributed by atoms with Crippen LogP contribution in [0, 0.1) is 0 Å². The maximum atomic E-state index is 12.1. The minimum Gasteiger partial charge on any atom is -0.480 e. The van der Waals surface area contributed by atoms with E-state index in [0.717, 1.165) is 13.2 Å². The minimum absolute atomic E-state index is 0.00207. The number of alkyl halides is 4. The van der Waals surface area contributed by atoms with Crippen LogP contribution in [0.1, 0.15) is 16.1 Å². The van der Waals surface area contributed by atoms with Crippen LogP contribution >= 0.6 is 11.6 Å². The van der Waals surface area contributed by atoms with Crippen LogP contribution in [0.15, 0.2) is 6.07 Å². The standard InChI is InChI=1S/C9H7ClF3NO4/c1-17-7-6(8(15)16)5(18-9(11,12)13)2-4(3-10)14-7/h2H,3H2,1H3,(H,15,16). The van der Waals surface area contributed by atoms with Gasteiger partial charge in [0.15, 0.2) is 11.3 Å². The van der Waals surface area contributed by atoms with E-state index in [1.165, 1.54) is 0 Å². The van der Waals surface area contributed by atoms with Crippen molar-refractivity contribution in [3.63, 3.8) is 0 Å². The van der Waals surface area contributed by atoms with Gasteiger partial charge in [-0.2, -0.15) is 0 Å². The topological polar surface area (TPSA) is 68.7 Å². The largest absolute Gasteiger partial charge is 0.573 e. The first-order chi connectivity index (χ1) is 8.28. The van der Waals surface area contributed by atoms with Gasteiger partial charge < -0.3 is 14.6 Å². The van der Waals surface area contributed by atoms with Gasteiger partial charge in [0, 0.05) is 6.07 Å². The van der Waals surface area contributed by atoms with Crippen LogP contribution in [0.5, 0.6) is 11.6 Å². The van der Waals surface area contributed by atoms with Gasteiger partial charge in [0.05, 0.1) is 18.7 Å². The quantitative estimate of drug-likeness (QED) is 0.861. The molecule has 0 saturated heterocycles. The molecule has 18 heavy (non-hydrogen) atoms. The Balaban J connectivity index is 3.39. The van der Waals surface area contributed by atoms with E-state index in [9.17, 15) is 18.0 Å². The van der Waals surface area contributed by atoms with Crippen molar-refractivity contribution in [2.24, 2.45) is 0 Å². The first-order valence-electron chi connectivity index (χ1n) is 4.41. The number of nitrogens with zero attached hydrogens (tertiary/aromatic N) is 1. The molecule has 0 aliphatic heterocycles. The molecule has 0 fully saturated rings. The maximum absolute atomic E-state index is 12.1. The van der Waals surface area contributed by atoms with Crippen LogP contribution in [0.25, 0.3) is 0 Å². The Kier molecular flexibility index (Phi) is 4.23. The molecule has 100 valence electrons. The molecule has 0 aliphatic carbocycles. The number of methoxy groups -OCH3 is 1. The van der Waals surface area contributed by atoms with E-state index in [-0.39, 0.29) is 11.6 Å². The molecule has 1 N–H and O–H groups in total. The predicted octanol–water partition coefficient (Wildman–Crippen LogP) is 2.43. The zero-order chi connectivity index (χ0) is 13.9. The van der Waals surface area contributed by atoms with Gasteiger partial charge >= 0.3 is 12.3 Å².